The Labute approximate surface area is 403 Å². The number of anilines is 2. The zero-order valence-corrected chi connectivity index (χ0v) is 38.2. The summed E-state index contributed by atoms with van der Waals surface area (Å²) in [7, 11) is 0. The number of benzene rings is 12. The Morgan fingerprint density at radius 3 is 1.51 bits per heavy atom. The smallest absolute Gasteiger partial charge is 0.0461 e. The first-order valence-corrected chi connectivity index (χ1v) is 24.1. The first-order valence-electron chi connectivity index (χ1n) is 24.1. The molecule has 0 aromatic heterocycles. The summed E-state index contributed by atoms with van der Waals surface area (Å²) in [6, 6.07) is 89.9. The molecule has 0 saturated carbocycles. The number of fused-ring (bicyclic) bond motifs is 9. The number of rotatable bonds is 8. The van der Waals surface area contributed by atoms with E-state index in [0.29, 0.717) is 0 Å². The molecule has 0 atom stereocenters. The SMILES string of the molecule is C1=CC(N(c2ccccc2)c2ccc(-c3c(-c4ccccc4)cc(-c4ccccc4)c4c5ccc(-c6ccccc6)cc5c5cc(-c6cc7ccccc7c7ccccc67)ccc5c34)cc2)=CCC1. The van der Waals surface area contributed by atoms with E-state index in [0.717, 1.165) is 24.2 Å². The van der Waals surface area contributed by atoms with Crippen molar-refractivity contribution in [2.75, 3.05) is 4.90 Å². The van der Waals surface area contributed by atoms with Crippen LogP contribution in [0, 0.1) is 0 Å². The Kier molecular flexibility index (Phi) is 10.1. The molecule has 0 radical (unpaired) electrons. The molecule has 13 rings (SSSR count). The number of nitrogens with zero attached hydrogens (tertiary/aromatic N) is 1. The van der Waals surface area contributed by atoms with Crippen LogP contribution in [0.5, 0.6) is 0 Å². The van der Waals surface area contributed by atoms with Crippen LogP contribution < -0.4 is 4.90 Å². The second-order valence-corrected chi connectivity index (χ2v) is 18.2. The summed E-state index contributed by atoms with van der Waals surface area (Å²) in [5.41, 5.74) is 15.5. The van der Waals surface area contributed by atoms with Crippen molar-refractivity contribution in [2.24, 2.45) is 0 Å². The van der Waals surface area contributed by atoms with E-state index >= 15 is 0 Å². The second-order valence-electron chi connectivity index (χ2n) is 18.2. The van der Waals surface area contributed by atoms with E-state index in [1.807, 2.05) is 0 Å². The molecule has 0 aliphatic heterocycles. The number of allylic oxidation sites excluding steroid dienone is 3. The topological polar surface area (TPSA) is 3.24 Å². The molecule has 1 aliphatic carbocycles. The number of para-hydroxylation sites is 1. The van der Waals surface area contributed by atoms with Crippen molar-refractivity contribution in [1.82, 2.24) is 0 Å². The quantitative estimate of drug-likeness (QED) is 0.138. The molecular weight excluding hydrogens is 831 g/mol. The van der Waals surface area contributed by atoms with Crippen LogP contribution in [0.2, 0.25) is 0 Å². The normalized spacial score (nSPS) is 12.6. The van der Waals surface area contributed by atoms with Gasteiger partial charge in [-0.3, -0.25) is 0 Å². The van der Waals surface area contributed by atoms with Crippen molar-refractivity contribution in [3.05, 3.63) is 267 Å². The third-order valence-electron chi connectivity index (χ3n) is 14.2. The van der Waals surface area contributed by atoms with Gasteiger partial charge < -0.3 is 4.90 Å². The van der Waals surface area contributed by atoms with Crippen LogP contribution in [-0.2, 0) is 0 Å². The lowest BCUT2D eigenvalue weighted by Crippen LogP contribution is -2.16. The molecule has 1 heteroatoms. The average molecular weight is 878 g/mol. The van der Waals surface area contributed by atoms with Gasteiger partial charge in [-0.15, -0.1) is 0 Å². The van der Waals surface area contributed by atoms with E-state index in [1.165, 1.54) is 115 Å². The summed E-state index contributed by atoms with van der Waals surface area (Å²) in [5, 5.41) is 12.5. The fourth-order valence-corrected chi connectivity index (χ4v) is 11.0. The third-order valence-corrected chi connectivity index (χ3v) is 14.2. The molecule has 0 saturated heterocycles. The molecule has 324 valence electrons. The largest absolute Gasteiger partial charge is 0.311 e. The minimum Gasteiger partial charge on any atom is -0.311 e. The Morgan fingerprint density at radius 2 is 0.826 bits per heavy atom. The third kappa shape index (κ3) is 7.10. The molecule has 0 unspecified atom stereocenters. The van der Waals surface area contributed by atoms with Crippen LogP contribution in [0.25, 0.3) is 109 Å². The first-order chi connectivity index (χ1) is 34.2. The van der Waals surface area contributed by atoms with E-state index in [9.17, 15) is 0 Å². The van der Waals surface area contributed by atoms with Gasteiger partial charge in [0.05, 0.1) is 0 Å². The van der Waals surface area contributed by atoms with Gasteiger partial charge in [-0.2, -0.15) is 0 Å². The highest BCUT2D eigenvalue weighted by Gasteiger charge is 2.24. The molecule has 0 amide bonds. The minimum atomic E-state index is 1.03. The molecule has 12 aromatic carbocycles. The lowest BCUT2D eigenvalue weighted by molar-refractivity contribution is 0.997. The Hall–Kier alpha value is -8.78. The van der Waals surface area contributed by atoms with E-state index in [4.69, 9.17) is 0 Å². The van der Waals surface area contributed by atoms with Gasteiger partial charge in [0, 0.05) is 17.1 Å². The highest BCUT2D eigenvalue weighted by atomic mass is 15.1. The predicted molar refractivity (Wildman–Crippen MR) is 296 cm³/mol. The molecule has 0 fully saturated rings. The van der Waals surface area contributed by atoms with E-state index < -0.39 is 0 Å². The molecule has 0 bridgehead atoms. The van der Waals surface area contributed by atoms with Gasteiger partial charge in [-0.25, -0.2) is 0 Å². The highest BCUT2D eigenvalue weighted by Crippen LogP contribution is 2.51. The maximum atomic E-state index is 2.48. The fourth-order valence-electron chi connectivity index (χ4n) is 11.0. The molecule has 0 spiro atoms. The molecular formula is C68H47N. The maximum absolute atomic E-state index is 2.48. The summed E-state index contributed by atoms with van der Waals surface area (Å²) in [6.07, 6.45) is 9.01. The van der Waals surface area contributed by atoms with Crippen LogP contribution >= 0.6 is 0 Å². The van der Waals surface area contributed by atoms with Crippen LogP contribution in [0.1, 0.15) is 12.8 Å². The predicted octanol–water partition coefficient (Wildman–Crippen LogP) is 19.2. The van der Waals surface area contributed by atoms with E-state index in [-0.39, 0.29) is 0 Å². The molecule has 0 heterocycles. The lowest BCUT2D eigenvalue weighted by Gasteiger charge is -2.28. The van der Waals surface area contributed by atoms with Gasteiger partial charge in [0.1, 0.15) is 0 Å². The van der Waals surface area contributed by atoms with Gasteiger partial charge in [-0.1, -0.05) is 206 Å². The van der Waals surface area contributed by atoms with Crippen molar-refractivity contribution in [2.45, 2.75) is 12.8 Å². The molecule has 69 heavy (non-hydrogen) atoms. The average Bonchev–Trinajstić information content (AvgIpc) is 3.43. The zero-order valence-electron chi connectivity index (χ0n) is 38.2. The van der Waals surface area contributed by atoms with E-state index in [1.54, 1.807) is 0 Å². The Bertz CT molecular complexity index is 3960. The zero-order chi connectivity index (χ0) is 45.7. The molecule has 12 aromatic rings. The number of hydrogen-bond acceptors (Lipinski definition) is 1. The summed E-state index contributed by atoms with van der Waals surface area (Å²) in [5.74, 6) is 0. The molecule has 1 aliphatic rings. The van der Waals surface area contributed by atoms with Crippen LogP contribution in [0.4, 0.5) is 11.4 Å². The van der Waals surface area contributed by atoms with Gasteiger partial charge in [0.2, 0.25) is 0 Å². The van der Waals surface area contributed by atoms with Gasteiger partial charge in [0.15, 0.2) is 0 Å². The van der Waals surface area contributed by atoms with Gasteiger partial charge in [0.25, 0.3) is 0 Å². The summed E-state index contributed by atoms with van der Waals surface area (Å²) >= 11 is 0. The van der Waals surface area contributed by atoms with Crippen molar-refractivity contribution in [3.63, 3.8) is 0 Å². The van der Waals surface area contributed by atoms with Crippen molar-refractivity contribution < 1.29 is 0 Å². The second kappa shape index (κ2) is 17.1. The fraction of sp³-hybridized carbons (Fsp3) is 0.0294. The Morgan fingerprint density at radius 1 is 0.290 bits per heavy atom. The van der Waals surface area contributed by atoms with Crippen LogP contribution in [-0.4, -0.2) is 0 Å². The summed E-state index contributed by atoms with van der Waals surface area (Å²) in [6.45, 7) is 0. The van der Waals surface area contributed by atoms with Gasteiger partial charge in [-0.05, 0) is 177 Å². The van der Waals surface area contributed by atoms with E-state index in [2.05, 4.69) is 266 Å². The molecule has 1 nitrogen and oxygen atoms in total. The van der Waals surface area contributed by atoms with Gasteiger partial charge >= 0.3 is 0 Å². The first kappa shape index (κ1) is 40.5. The van der Waals surface area contributed by atoms with Crippen molar-refractivity contribution >= 4 is 65.2 Å². The van der Waals surface area contributed by atoms with Crippen molar-refractivity contribution in [3.8, 4) is 55.6 Å². The molecule has 0 N–H and O–H groups in total. The van der Waals surface area contributed by atoms with Crippen LogP contribution in [0.3, 0.4) is 0 Å². The monoisotopic (exact) mass is 877 g/mol. The summed E-state index contributed by atoms with van der Waals surface area (Å²) in [4.78, 5) is 2.39. The highest BCUT2D eigenvalue weighted by molar-refractivity contribution is 6.33. The summed E-state index contributed by atoms with van der Waals surface area (Å²) < 4.78 is 0. The van der Waals surface area contributed by atoms with Crippen molar-refractivity contribution in [1.29, 1.82) is 0 Å². The minimum absolute atomic E-state index is 1.03. The Balaban J connectivity index is 1.15. The lowest BCUT2D eigenvalue weighted by atomic mass is 9.80. The maximum Gasteiger partial charge on any atom is 0.0461 e. The number of hydrogen-bond donors (Lipinski definition) is 0. The standard InChI is InChI=1S/C68H47N/c1-6-20-46(21-7-1)50-36-40-59-64(42-50)65-44-52(61-43-51-26-16-17-31-56(51)57-32-18-19-33-58(57)61)37-41-60(65)68-66(62(47-22-8-2-9-23-47)45-63(67(59)68)48-24-10-3-11-25-48)49-34-38-55(39-35-49)69(53-27-12-4-13-28-53)54-29-14-5-15-30-54/h1-4,6-14,16-45H,5,15H2. The van der Waals surface area contributed by atoms with Crippen LogP contribution in [0.15, 0.2) is 267 Å².